The zero-order valence-corrected chi connectivity index (χ0v) is 12.4. The Hall–Kier alpha value is -1.54. The van der Waals surface area contributed by atoms with Crippen LogP contribution in [0.1, 0.15) is 18.3 Å². The second-order valence-corrected chi connectivity index (χ2v) is 4.95. The van der Waals surface area contributed by atoms with Gasteiger partial charge in [0.25, 0.3) is 0 Å². The van der Waals surface area contributed by atoms with Crippen LogP contribution in [0.4, 0.5) is 24.0 Å². The van der Waals surface area contributed by atoms with Crippen LogP contribution in [-0.2, 0) is 12.1 Å². The molecule has 1 heterocycles. The van der Waals surface area contributed by atoms with Gasteiger partial charge >= 0.3 is 6.18 Å². The summed E-state index contributed by atoms with van der Waals surface area (Å²) in [4.78, 5) is 3.40. The maximum absolute atomic E-state index is 12.4. The molecule has 0 radical (unpaired) electrons. The van der Waals surface area contributed by atoms with Gasteiger partial charge in [-0.25, -0.2) is 0 Å². The summed E-state index contributed by atoms with van der Waals surface area (Å²) < 4.78 is 45.9. The van der Waals surface area contributed by atoms with Crippen LogP contribution in [0.5, 0.6) is 5.75 Å². The van der Waals surface area contributed by atoms with E-state index in [2.05, 4.69) is 14.7 Å². The molecule has 0 bridgehead atoms. The lowest BCUT2D eigenvalue weighted by Gasteiger charge is -2.10. The largest absolute Gasteiger partial charge is 0.494 e. The van der Waals surface area contributed by atoms with Gasteiger partial charge in [0.2, 0.25) is 11.0 Å². The number of nitrogens with zero attached hydrogens (tertiary/aromatic N) is 2. The molecule has 9 heteroatoms. The highest BCUT2D eigenvalue weighted by Gasteiger charge is 2.36. The van der Waals surface area contributed by atoms with E-state index in [1.165, 1.54) is 0 Å². The third-order valence-electron chi connectivity index (χ3n) is 2.44. The summed E-state index contributed by atoms with van der Waals surface area (Å²) in [6.07, 6.45) is -4.55. The summed E-state index contributed by atoms with van der Waals surface area (Å²) in [6, 6.07) is 5.08. The maximum Gasteiger partial charge on any atom is 0.452 e. The number of alkyl halides is 4. The van der Waals surface area contributed by atoms with Crippen LogP contribution in [0, 0.1) is 0 Å². The lowest BCUT2D eigenvalue weighted by atomic mass is 10.2. The number of nitrogens with one attached hydrogen (secondary N) is 1. The Balaban J connectivity index is 2.18. The molecule has 114 valence electrons. The fourth-order valence-corrected chi connectivity index (χ4v) is 2.39. The summed E-state index contributed by atoms with van der Waals surface area (Å²) >= 11 is 6.47. The van der Waals surface area contributed by atoms with Crippen LogP contribution in [0.3, 0.4) is 0 Å². The van der Waals surface area contributed by atoms with Crippen molar-refractivity contribution >= 4 is 34.0 Å². The fourth-order valence-electron chi connectivity index (χ4n) is 1.57. The monoisotopic (exact) mass is 337 g/mol. The molecule has 0 saturated carbocycles. The van der Waals surface area contributed by atoms with E-state index in [0.717, 1.165) is 5.56 Å². The second kappa shape index (κ2) is 6.48. The lowest BCUT2D eigenvalue weighted by molar-refractivity contribution is -0.144. The molecule has 1 aromatic heterocycles. The van der Waals surface area contributed by atoms with Crippen LogP contribution in [0.15, 0.2) is 18.2 Å². The number of hydrogen-bond acceptors (Lipinski definition) is 5. The number of benzene rings is 1. The molecule has 4 nitrogen and oxygen atoms in total. The van der Waals surface area contributed by atoms with Gasteiger partial charge in [0.1, 0.15) is 5.75 Å². The van der Waals surface area contributed by atoms with Gasteiger partial charge < -0.3 is 10.1 Å². The van der Waals surface area contributed by atoms with Crippen molar-refractivity contribution in [1.29, 1.82) is 0 Å². The van der Waals surface area contributed by atoms with Crippen molar-refractivity contribution in [3.05, 3.63) is 29.6 Å². The Morgan fingerprint density at radius 2 is 2.14 bits per heavy atom. The van der Waals surface area contributed by atoms with Gasteiger partial charge in [0.15, 0.2) is 0 Å². The number of rotatable bonds is 5. The zero-order valence-electron chi connectivity index (χ0n) is 10.9. The van der Waals surface area contributed by atoms with Crippen molar-refractivity contribution in [1.82, 2.24) is 9.36 Å². The predicted molar refractivity (Wildman–Crippen MR) is 75.4 cm³/mol. The Kier molecular flexibility index (Phi) is 4.89. The number of halogens is 4. The minimum Gasteiger partial charge on any atom is -0.494 e. The van der Waals surface area contributed by atoms with E-state index >= 15 is 0 Å². The highest BCUT2D eigenvalue weighted by molar-refractivity contribution is 7.09. The molecule has 0 atom stereocenters. The fraction of sp³-hybridized carbons (Fsp3) is 0.333. The first-order chi connectivity index (χ1) is 9.94. The molecule has 1 N–H and O–H groups in total. The van der Waals surface area contributed by atoms with Gasteiger partial charge in [0.05, 0.1) is 12.5 Å². The van der Waals surface area contributed by atoms with Crippen molar-refractivity contribution in [3.63, 3.8) is 0 Å². The van der Waals surface area contributed by atoms with Crippen LogP contribution < -0.4 is 10.1 Å². The number of hydrogen-bond donors (Lipinski definition) is 1. The summed E-state index contributed by atoms with van der Waals surface area (Å²) in [5, 5.41) is 2.83. The van der Waals surface area contributed by atoms with Gasteiger partial charge in [-0.1, -0.05) is 0 Å². The van der Waals surface area contributed by atoms with E-state index in [0.29, 0.717) is 29.6 Å². The predicted octanol–water partition coefficient (Wildman–Crippen LogP) is 4.44. The first-order valence-corrected chi connectivity index (χ1v) is 7.24. The van der Waals surface area contributed by atoms with E-state index in [9.17, 15) is 13.2 Å². The molecule has 1 aromatic carbocycles. The van der Waals surface area contributed by atoms with Crippen molar-refractivity contribution in [2.75, 3.05) is 11.9 Å². The van der Waals surface area contributed by atoms with Crippen molar-refractivity contribution in [3.8, 4) is 5.75 Å². The maximum atomic E-state index is 12.4. The molecule has 0 saturated heterocycles. The number of anilines is 2. The molecule has 2 aromatic rings. The summed E-state index contributed by atoms with van der Waals surface area (Å²) in [5.41, 5.74) is 1.31. The Labute approximate surface area is 128 Å². The van der Waals surface area contributed by atoms with E-state index in [-0.39, 0.29) is 11.0 Å². The summed E-state index contributed by atoms with van der Waals surface area (Å²) in [5.74, 6) is -0.279. The average molecular weight is 338 g/mol. The number of ether oxygens (including phenoxy) is 1. The number of aromatic nitrogens is 2. The normalized spacial score (nSPS) is 11.5. The van der Waals surface area contributed by atoms with Crippen molar-refractivity contribution in [2.45, 2.75) is 19.0 Å². The highest BCUT2D eigenvalue weighted by atomic mass is 35.5. The average Bonchev–Trinajstić information content (AvgIpc) is 2.89. The second-order valence-electron chi connectivity index (χ2n) is 3.94. The molecule has 0 aliphatic heterocycles. The van der Waals surface area contributed by atoms with E-state index < -0.39 is 12.0 Å². The lowest BCUT2D eigenvalue weighted by Crippen LogP contribution is -2.07. The quantitative estimate of drug-likeness (QED) is 0.819. The first kappa shape index (κ1) is 15.8. The van der Waals surface area contributed by atoms with Crippen LogP contribution in [0.25, 0.3) is 0 Å². The Morgan fingerprint density at radius 3 is 2.71 bits per heavy atom. The summed E-state index contributed by atoms with van der Waals surface area (Å²) in [6.45, 7) is 2.35. The Morgan fingerprint density at radius 1 is 1.38 bits per heavy atom. The van der Waals surface area contributed by atoms with Gasteiger partial charge in [0, 0.05) is 22.8 Å². The minimum absolute atomic E-state index is 0.0620. The minimum atomic E-state index is -4.55. The zero-order chi connectivity index (χ0) is 15.5. The van der Waals surface area contributed by atoms with Crippen molar-refractivity contribution < 1.29 is 17.9 Å². The third-order valence-corrected chi connectivity index (χ3v) is 3.35. The third kappa shape index (κ3) is 3.98. The molecule has 0 aliphatic carbocycles. The van der Waals surface area contributed by atoms with Crippen LogP contribution >= 0.6 is 23.1 Å². The van der Waals surface area contributed by atoms with Gasteiger partial charge in [-0.2, -0.15) is 22.5 Å². The van der Waals surface area contributed by atoms with Gasteiger partial charge in [-0.3, -0.25) is 0 Å². The molecule has 0 spiro atoms. The van der Waals surface area contributed by atoms with E-state index in [1.54, 1.807) is 18.2 Å². The van der Waals surface area contributed by atoms with E-state index in [4.69, 9.17) is 16.3 Å². The summed E-state index contributed by atoms with van der Waals surface area (Å²) in [7, 11) is 0. The SMILES string of the molecule is CCOc1ccc(Nc2nc(C(F)(F)F)ns2)cc1CCl. The molecule has 2 rings (SSSR count). The smallest absolute Gasteiger partial charge is 0.452 e. The first-order valence-electron chi connectivity index (χ1n) is 5.93. The van der Waals surface area contributed by atoms with Crippen LogP contribution in [-0.4, -0.2) is 16.0 Å². The van der Waals surface area contributed by atoms with Crippen LogP contribution in [0.2, 0.25) is 0 Å². The molecule has 0 unspecified atom stereocenters. The standard InChI is InChI=1S/C12H11ClF3N3OS/c1-2-20-9-4-3-8(5-7(9)6-13)17-11-18-10(19-21-11)12(14,15)16/h3-5H,2,6H2,1H3,(H,17,18,19). The van der Waals surface area contributed by atoms with Gasteiger partial charge in [-0.05, 0) is 25.1 Å². The van der Waals surface area contributed by atoms with Crippen molar-refractivity contribution in [2.24, 2.45) is 0 Å². The molecule has 21 heavy (non-hydrogen) atoms. The Bertz CT molecular complexity index is 618. The molecular formula is C12H11ClF3N3OS. The molecule has 0 fully saturated rings. The van der Waals surface area contributed by atoms with E-state index in [1.807, 2.05) is 6.92 Å². The molecule has 0 amide bonds. The molecule has 0 aliphatic rings. The highest BCUT2D eigenvalue weighted by Crippen LogP contribution is 2.31. The molecular weight excluding hydrogens is 327 g/mol. The topological polar surface area (TPSA) is 47.0 Å². The van der Waals surface area contributed by atoms with Gasteiger partial charge in [-0.15, -0.1) is 11.6 Å².